The maximum absolute atomic E-state index is 11.4. The van der Waals surface area contributed by atoms with Crippen molar-refractivity contribution in [3.63, 3.8) is 0 Å². The monoisotopic (exact) mass is 233 g/mol. The van der Waals surface area contributed by atoms with Crippen molar-refractivity contribution in [2.75, 3.05) is 19.0 Å². The number of nitrogens with one attached hydrogen (secondary N) is 2. The summed E-state index contributed by atoms with van der Waals surface area (Å²) in [6.45, 7) is 2.80. The van der Waals surface area contributed by atoms with Crippen molar-refractivity contribution in [2.45, 2.75) is 13.5 Å². The molecular formula is C8H15N3O3S. The van der Waals surface area contributed by atoms with E-state index in [1.54, 1.807) is 12.3 Å². The molecule has 0 aliphatic heterocycles. The maximum Gasteiger partial charge on any atom is 0.214 e. The smallest absolute Gasteiger partial charge is 0.214 e. The highest BCUT2D eigenvalue weighted by molar-refractivity contribution is 7.89. The zero-order valence-electron chi connectivity index (χ0n) is 8.56. The van der Waals surface area contributed by atoms with E-state index >= 15 is 0 Å². The van der Waals surface area contributed by atoms with E-state index in [-0.39, 0.29) is 18.9 Å². The summed E-state index contributed by atoms with van der Waals surface area (Å²) in [4.78, 5) is 0. The lowest BCUT2D eigenvalue weighted by atomic mass is 10.4. The van der Waals surface area contributed by atoms with Crippen molar-refractivity contribution in [3.05, 3.63) is 18.0 Å². The van der Waals surface area contributed by atoms with E-state index in [1.165, 1.54) is 0 Å². The fourth-order valence-corrected chi connectivity index (χ4v) is 1.81. The quantitative estimate of drug-likeness (QED) is 0.642. The third-order valence-corrected chi connectivity index (χ3v) is 3.03. The predicted molar refractivity (Wildman–Crippen MR) is 55.7 cm³/mol. The zero-order chi connectivity index (χ0) is 11.1. The highest BCUT2D eigenvalue weighted by Crippen LogP contribution is 1.93. The van der Waals surface area contributed by atoms with Crippen LogP contribution in [-0.2, 0) is 21.3 Å². The van der Waals surface area contributed by atoms with Gasteiger partial charge in [-0.05, 0) is 13.0 Å². The Morgan fingerprint density at radius 1 is 1.60 bits per heavy atom. The molecule has 0 fully saturated rings. The zero-order valence-corrected chi connectivity index (χ0v) is 9.38. The number of ether oxygens (including phenoxy) is 1. The number of H-pyrrole nitrogens is 1. The third kappa shape index (κ3) is 4.91. The Morgan fingerprint density at radius 2 is 2.40 bits per heavy atom. The molecule has 0 aliphatic carbocycles. The third-order valence-electron chi connectivity index (χ3n) is 1.74. The standard InChI is InChI=1S/C8H15N3O3S/c1-2-14-5-6-15(12,13)10-7-8-3-4-9-11-8/h3-4,10H,2,5-7H2,1H3,(H,9,11). The predicted octanol–water partition coefficient (Wildman–Crippen LogP) is -0.134. The Kier molecular flexibility index (Phi) is 4.73. The lowest BCUT2D eigenvalue weighted by Gasteiger charge is -2.05. The average molecular weight is 233 g/mol. The molecule has 0 amide bonds. The Morgan fingerprint density at radius 3 is 3.00 bits per heavy atom. The molecule has 2 N–H and O–H groups in total. The summed E-state index contributed by atoms with van der Waals surface area (Å²) >= 11 is 0. The summed E-state index contributed by atoms with van der Waals surface area (Å²) in [5.41, 5.74) is 0.731. The van der Waals surface area contributed by atoms with Gasteiger partial charge in [0.2, 0.25) is 10.0 Å². The van der Waals surface area contributed by atoms with Crippen LogP contribution >= 0.6 is 0 Å². The van der Waals surface area contributed by atoms with Crippen LogP contribution < -0.4 is 4.72 Å². The molecule has 1 rings (SSSR count). The lowest BCUT2D eigenvalue weighted by molar-refractivity contribution is 0.163. The molecule has 0 bridgehead atoms. The highest BCUT2D eigenvalue weighted by atomic mass is 32.2. The maximum atomic E-state index is 11.4. The van der Waals surface area contributed by atoms with E-state index < -0.39 is 10.0 Å². The second-order valence-electron chi connectivity index (χ2n) is 2.92. The second-order valence-corrected chi connectivity index (χ2v) is 4.85. The minimum absolute atomic E-state index is 0.0189. The molecule has 1 aromatic rings. The number of nitrogens with zero attached hydrogens (tertiary/aromatic N) is 1. The summed E-state index contributed by atoms with van der Waals surface area (Å²) in [5, 5.41) is 6.38. The molecule has 0 spiro atoms. The summed E-state index contributed by atoms with van der Waals surface area (Å²) in [6.07, 6.45) is 1.57. The van der Waals surface area contributed by atoms with E-state index in [4.69, 9.17) is 4.74 Å². The number of aromatic nitrogens is 2. The first-order valence-corrected chi connectivity index (χ1v) is 6.32. The Bertz CT molecular complexity index is 360. The van der Waals surface area contributed by atoms with Gasteiger partial charge in [-0.25, -0.2) is 13.1 Å². The molecule has 0 unspecified atom stereocenters. The van der Waals surface area contributed by atoms with Crippen molar-refractivity contribution in [3.8, 4) is 0 Å². The molecule has 15 heavy (non-hydrogen) atoms. The van der Waals surface area contributed by atoms with Gasteiger partial charge in [0.25, 0.3) is 0 Å². The minimum atomic E-state index is -3.25. The molecule has 1 aromatic heterocycles. The highest BCUT2D eigenvalue weighted by Gasteiger charge is 2.09. The largest absolute Gasteiger partial charge is 0.381 e. The first-order chi connectivity index (χ1) is 7.14. The normalized spacial score (nSPS) is 11.8. The molecule has 0 atom stereocenters. The van der Waals surface area contributed by atoms with Crippen molar-refractivity contribution >= 4 is 10.0 Å². The van der Waals surface area contributed by atoms with Crippen LogP contribution in [0.3, 0.4) is 0 Å². The van der Waals surface area contributed by atoms with Crippen molar-refractivity contribution in [1.29, 1.82) is 0 Å². The SMILES string of the molecule is CCOCCS(=O)(=O)NCc1ccn[nH]1. The number of hydrogen-bond donors (Lipinski definition) is 2. The van der Waals surface area contributed by atoms with Crippen LogP contribution in [0.25, 0.3) is 0 Å². The Hall–Kier alpha value is -0.920. The van der Waals surface area contributed by atoms with Gasteiger partial charge in [-0.2, -0.15) is 5.10 Å². The summed E-state index contributed by atoms with van der Waals surface area (Å²) < 4.78 is 30.2. The molecule has 0 aromatic carbocycles. The van der Waals surface area contributed by atoms with Gasteiger partial charge in [0.15, 0.2) is 0 Å². The molecule has 0 aliphatic rings. The first-order valence-electron chi connectivity index (χ1n) is 4.67. The van der Waals surface area contributed by atoms with Crippen LogP contribution in [0.4, 0.5) is 0 Å². The summed E-state index contributed by atoms with van der Waals surface area (Å²) in [6, 6.07) is 1.71. The van der Waals surface area contributed by atoms with Crippen LogP contribution in [-0.4, -0.2) is 37.6 Å². The average Bonchev–Trinajstić information content (AvgIpc) is 2.68. The first kappa shape index (κ1) is 12.2. The van der Waals surface area contributed by atoms with Crippen LogP contribution in [0.2, 0.25) is 0 Å². The van der Waals surface area contributed by atoms with Gasteiger partial charge in [-0.15, -0.1) is 0 Å². The molecular weight excluding hydrogens is 218 g/mol. The van der Waals surface area contributed by atoms with Crippen LogP contribution in [0.1, 0.15) is 12.6 Å². The molecule has 0 saturated carbocycles. The van der Waals surface area contributed by atoms with Gasteiger partial charge in [0, 0.05) is 12.8 Å². The van der Waals surface area contributed by atoms with E-state index in [1.807, 2.05) is 6.92 Å². The molecule has 6 nitrogen and oxygen atoms in total. The fraction of sp³-hybridized carbons (Fsp3) is 0.625. The topological polar surface area (TPSA) is 84.1 Å². The Labute approximate surface area is 89.1 Å². The second kappa shape index (κ2) is 5.84. The molecule has 0 saturated heterocycles. The fourth-order valence-electron chi connectivity index (χ4n) is 0.956. The number of rotatable bonds is 7. The van der Waals surface area contributed by atoms with Crippen LogP contribution in [0.5, 0.6) is 0 Å². The van der Waals surface area contributed by atoms with E-state index in [2.05, 4.69) is 14.9 Å². The van der Waals surface area contributed by atoms with Gasteiger partial charge < -0.3 is 4.74 Å². The molecule has 0 radical (unpaired) electrons. The van der Waals surface area contributed by atoms with Crippen molar-refractivity contribution in [1.82, 2.24) is 14.9 Å². The van der Waals surface area contributed by atoms with E-state index in [0.29, 0.717) is 6.61 Å². The van der Waals surface area contributed by atoms with Crippen LogP contribution in [0.15, 0.2) is 12.3 Å². The minimum Gasteiger partial charge on any atom is -0.381 e. The van der Waals surface area contributed by atoms with Crippen molar-refractivity contribution in [2.24, 2.45) is 0 Å². The molecule has 86 valence electrons. The number of aromatic amines is 1. The van der Waals surface area contributed by atoms with E-state index in [9.17, 15) is 8.42 Å². The molecule has 1 heterocycles. The van der Waals surface area contributed by atoms with Gasteiger partial charge in [-0.1, -0.05) is 0 Å². The van der Waals surface area contributed by atoms with Gasteiger partial charge in [0.1, 0.15) is 0 Å². The summed E-state index contributed by atoms with van der Waals surface area (Å²) in [5.74, 6) is -0.0189. The van der Waals surface area contributed by atoms with Gasteiger partial charge in [-0.3, -0.25) is 5.10 Å². The molecule has 7 heteroatoms. The van der Waals surface area contributed by atoms with E-state index in [0.717, 1.165) is 5.69 Å². The van der Waals surface area contributed by atoms with Gasteiger partial charge in [0.05, 0.1) is 24.6 Å². The van der Waals surface area contributed by atoms with Gasteiger partial charge >= 0.3 is 0 Å². The van der Waals surface area contributed by atoms with Crippen molar-refractivity contribution < 1.29 is 13.2 Å². The number of hydrogen-bond acceptors (Lipinski definition) is 4. The van der Waals surface area contributed by atoms with Crippen LogP contribution in [0, 0.1) is 0 Å². The lowest BCUT2D eigenvalue weighted by Crippen LogP contribution is -2.28. The number of sulfonamides is 1. The Balaban J connectivity index is 2.30. The summed E-state index contributed by atoms with van der Waals surface area (Å²) in [7, 11) is -3.25.